The van der Waals surface area contributed by atoms with Crippen molar-refractivity contribution in [3.8, 4) is 0 Å². The van der Waals surface area contributed by atoms with Crippen LogP contribution in [0.5, 0.6) is 0 Å². The van der Waals surface area contributed by atoms with Crippen molar-refractivity contribution in [2.45, 2.75) is 57.6 Å². The van der Waals surface area contributed by atoms with Crippen molar-refractivity contribution in [1.82, 2.24) is 5.32 Å². The molecule has 2 aliphatic carbocycles. The average molecular weight is 269 g/mol. The van der Waals surface area contributed by atoms with Crippen LogP contribution in [0.1, 0.15) is 45.4 Å². The van der Waals surface area contributed by atoms with E-state index in [0.717, 1.165) is 19.3 Å². The zero-order valence-electron chi connectivity index (χ0n) is 11.3. The molecule has 3 N–H and O–H groups in total. The third-order valence-corrected chi connectivity index (χ3v) is 4.51. The minimum Gasteiger partial charge on any atom is -0.481 e. The first-order valence-corrected chi connectivity index (χ1v) is 7.20. The molecule has 0 bridgehead atoms. The maximum absolute atomic E-state index is 12.2. The molecule has 0 aliphatic heterocycles. The number of carbonyl (C=O) groups excluding carboxylic acids is 1. The minimum atomic E-state index is -0.881. The zero-order valence-corrected chi connectivity index (χ0v) is 11.3. The lowest BCUT2D eigenvalue weighted by atomic mass is 9.90. The first-order chi connectivity index (χ1) is 8.99. The van der Waals surface area contributed by atoms with E-state index in [2.05, 4.69) is 5.32 Å². The van der Waals surface area contributed by atoms with Gasteiger partial charge in [0.25, 0.3) is 0 Å². The van der Waals surface area contributed by atoms with Crippen LogP contribution in [0.3, 0.4) is 0 Å². The van der Waals surface area contributed by atoms with Crippen LogP contribution in [-0.2, 0) is 9.59 Å². The fraction of sp³-hybridized carbons (Fsp3) is 0.857. The Labute approximate surface area is 113 Å². The van der Waals surface area contributed by atoms with E-state index in [-0.39, 0.29) is 17.9 Å². The van der Waals surface area contributed by atoms with Crippen LogP contribution in [0, 0.1) is 17.8 Å². The van der Waals surface area contributed by atoms with Gasteiger partial charge < -0.3 is 15.5 Å². The van der Waals surface area contributed by atoms with Crippen LogP contribution in [0.15, 0.2) is 0 Å². The molecule has 1 amide bonds. The van der Waals surface area contributed by atoms with Gasteiger partial charge in [0.1, 0.15) is 0 Å². The molecular weight excluding hydrogens is 246 g/mol. The number of hydrogen-bond donors (Lipinski definition) is 3. The largest absolute Gasteiger partial charge is 0.481 e. The van der Waals surface area contributed by atoms with E-state index in [1.807, 2.05) is 6.92 Å². The Kier molecular flexibility index (Phi) is 4.45. The minimum absolute atomic E-state index is 0.192. The summed E-state index contributed by atoms with van der Waals surface area (Å²) in [6, 6.07) is -0.202. The van der Waals surface area contributed by atoms with Crippen LogP contribution in [-0.4, -0.2) is 34.2 Å². The standard InChI is InChI=1S/C14H23NO4/c1-8-6-9(10(7-8)14(18)19)13(17)15-11-4-2-3-5-12(11)16/h8-12,16H,2-7H2,1H3,(H,15,17)(H,18,19). The monoisotopic (exact) mass is 269 g/mol. The smallest absolute Gasteiger partial charge is 0.307 e. The fourth-order valence-corrected chi connectivity index (χ4v) is 3.42. The molecule has 2 saturated carbocycles. The number of rotatable bonds is 3. The van der Waals surface area contributed by atoms with Gasteiger partial charge in [0.15, 0.2) is 0 Å². The van der Waals surface area contributed by atoms with Gasteiger partial charge in [-0.05, 0) is 31.6 Å². The van der Waals surface area contributed by atoms with E-state index in [9.17, 15) is 19.8 Å². The van der Waals surface area contributed by atoms with Crippen molar-refractivity contribution >= 4 is 11.9 Å². The molecular formula is C14H23NO4. The molecule has 2 rings (SSSR count). The van der Waals surface area contributed by atoms with E-state index >= 15 is 0 Å². The van der Waals surface area contributed by atoms with Gasteiger partial charge in [-0.15, -0.1) is 0 Å². The number of nitrogens with one attached hydrogen (secondary N) is 1. The first-order valence-electron chi connectivity index (χ1n) is 7.20. The maximum atomic E-state index is 12.2. The number of aliphatic carboxylic acids is 1. The van der Waals surface area contributed by atoms with E-state index < -0.39 is 23.9 Å². The molecule has 0 radical (unpaired) electrons. The van der Waals surface area contributed by atoms with Crippen molar-refractivity contribution < 1.29 is 19.8 Å². The molecule has 0 aromatic carbocycles. The highest BCUT2D eigenvalue weighted by atomic mass is 16.4. The molecule has 5 heteroatoms. The SMILES string of the molecule is CC1CC(C(=O)O)C(C(=O)NC2CCCCC2O)C1. The average Bonchev–Trinajstić information content (AvgIpc) is 2.74. The van der Waals surface area contributed by atoms with Gasteiger partial charge in [-0.1, -0.05) is 19.8 Å². The highest BCUT2D eigenvalue weighted by molar-refractivity contribution is 5.85. The summed E-state index contributed by atoms with van der Waals surface area (Å²) in [6.45, 7) is 1.98. The Bertz CT molecular complexity index is 357. The third-order valence-electron chi connectivity index (χ3n) is 4.51. The molecule has 5 nitrogen and oxygen atoms in total. The summed E-state index contributed by atoms with van der Waals surface area (Å²) in [5.74, 6) is -1.82. The van der Waals surface area contributed by atoms with Gasteiger partial charge in [-0.25, -0.2) is 0 Å². The van der Waals surface area contributed by atoms with Gasteiger partial charge in [0.2, 0.25) is 5.91 Å². The van der Waals surface area contributed by atoms with Gasteiger partial charge in [0, 0.05) is 0 Å². The maximum Gasteiger partial charge on any atom is 0.307 e. The van der Waals surface area contributed by atoms with Gasteiger partial charge >= 0.3 is 5.97 Å². The number of carbonyl (C=O) groups is 2. The van der Waals surface area contributed by atoms with E-state index in [4.69, 9.17) is 0 Å². The summed E-state index contributed by atoms with van der Waals surface area (Å²) in [7, 11) is 0. The summed E-state index contributed by atoms with van der Waals surface area (Å²) < 4.78 is 0. The third kappa shape index (κ3) is 3.26. The number of carboxylic acids is 1. The Hall–Kier alpha value is -1.10. The Morgan fingerprint density at radius 2 is 1.74 bits per heavy atom. The molecule has 0 heterocycles. The lowest BCUT2D eigenvalue weighted by Crippen LogP contribution is -2.48. The fourth-order valence-electron chi connectivity index (χ4n) is 3.42. The highest BCUT2D eigenvalue weighted by Gasteiger charge is 2.42. The molecule has 0 aromatic rings. The van der Waals surface area contributed by atoms with E-state index in [1.54, 1.807) is 0 Å². The van der Waals surface area contributed by atoms with Crippen LogP contribution in [0.25, 0.3) is 0 Å². The van der Waals surface area contributed by atoms with E-state index in [0.29, 0.717) is 19.3 Å². The lowest BCUT2D eigenvalue weighted by Gasteiger charge is -2.29. The second-order valence-electron chi connectivity index (χ2n) is 6.09. The normalized spacial score (nSPS) is 38.9. The Balaban J connectivity index is 1.96. The number of carboxylic acid groups (broad SMARTS) is 1. The van der Waals surface area contributed by atoms with Gasteiger partial charge in [0.05, 0.1) is 24.0 Å². The van der Waals surface area contributed by atoms with Crippen LogP contribution < -0.4 is 5.32 Å². The summed E-state index contributed by atoms with van der Waals surface area (Å²) in [4.78, 5) is 23.4. The van der Waals surface area contributed by atoms with Crippen molar-refractivity contribution in [3.63, 3.8) is 0 Å². The predicted octanol–water partition coefficient (Wildman–Crippen LogP) is 1.15. The number of aliphatic hydroxyl groups excluding tert-OH is 1. The van der Waals surface area contributed by atoms with Crippen LogP contribution in [0.4, 0.5) is 0 Å². The topological polar surface area (TPSA) is 86.6 Å². The van der Waals surface area contributed by atoms with Crippen molar-refractivity contribution in [3.05, 3.63) is 0 Å². The molecule has 108 valence electrons. The number of hydrogen-bond acceptors (Lipinski definition) is 3. The highest BCUT2D eigenvalue weighted by Crippen LogP contribution is 2.36. The molecule has 5 unspecified atom stereocenters. The molecule has 2 fully saturated rings. The molecule has 0 saturated heterocycles. The van der Waals surface area contributed by atoms with Gasteiger partial charge in [-0.3, -0.25) is 9.59 Å². The Morgan fingerprint density at radius 1 is 1.11 bits per heavy atom. The number of aliphatic hydroxyl groups is 1. The molecule has 19 heavy (non-hydrogen) atoms. The zero-order chi connectivity index (χ0) is 14.0. The molecule has 2 aliphatic rings. The number of amides is 1. The second kappa shape index (κ2) is 5.90. The Morgan fingerprint density at radius 3 is 2.37 bits per heavy atom. The molecule has 0 spiro atoms. The summed E-state index contributed by atoms with van der Waals surface area (Å²) in [5, 5.41) is 21.9. The van der Waals surface area contributed by atoms with Crippen LogP contribution >= 0.6 is 0 Å². The van der Waals surface area contributed by atoms with Gasteiger partial charge in [-0.2, -0.15) is 0 Å². The van der Waals surface area contributed by atoms with Crippen molar-refractivity contribution in [2.75, 3.05) is 0 Å². The molecule has 0 aromatic heterocycles. The second-order valence-corrected chi connectivity index (χ2v) is 6.09. The van der Waals surface area contributed by atoms with Crippen LogP contribution in [0.2, 0.25) is 0 Å². The summed E-state index contributed by atoms with van der Waals surface area (Å²) in [5.41, 5.74) is 0. The summed E-state index contributed by atoms with van der Waals surface area (Å²) in [6.07, 6.45) is 4.21. The van der Waals surface area contributed by atoms with E-state index in [1.165, 1.54) is 0 Å². The predicted molar refractivity (Wildman–Crippen MR) is 69.4 cm³/mol. The summed E-state index contributed by atoms with van der Waals surface area (Å²) >= 11 is 0. The van der Waals surface area contributed by atoms with Crippen molar-refractivity contribution in [2.24, 2.45) is 17.8 Å². The molecule has 5 atom stereocenters. The lowest BCUT2D eigenvalue weighted by molar-refractivity contribution is -0.146. The van der Waals surface area contributed by atoms with Crippen molar-refractivity contribution in [1.29, 1.82) is 0 Å². The first kappa shape index (κ1) is 14.3. The quantitative estimate of drug-likeness (QED) is 0.717.